The molecule has 2 aromatic rings. The second kappa shape index (κ2) is 8.81. The molecule has 0 aliphatic carbocycles. The number of hydrogen-bond acceptors (Lipinski definition) is 4. The monoisotopic (exact) mass is 329 g/mol. The molecule has 128 valence electrons. The predicted octanol–water partition coefficient (Wildman–Crippen LogP) is 1.09. The smallest absolute Gasteiger partial charge is 0.251 e. The van der Waals surface area contributed by atoms with Crippen LogP contribution in [-0.2, 0) is 17.8 Å². The molecule has 1 aromatic carbocycles. The Kier molecular flexibility index (Phi) is 6.48. The van der Waals surface area contributed by atoms with Crippen LogP contribution >= 0.6 is 0 Å². The lowest BCUT2D eigenvalue weighted by Gasteiger charge is -2.07. The molecule has 2 rings (SSSR count). The minimum absolute atomic E-state index is 0.128. The van der Waals surface area contributed by atoms with Crippen molar-refractivity contribution in [1.82, 2.24) is 25.6 Å². The molecule has 0 spiro atoms. The molecule has 0 fully saturated rings. The number of carbonyl (C=O) groups excluding carboxylic acids is 2. The third-order valence-electron chi connectivity index (χ3n) is 3.41. The van der Waals surface area contributed by atoms with E-state index in [1.165, 1.54) is 4.68 Å². The number of aromatic nitrogens is 3. The molecule has 0 aliphatic rings. The van der Waals surface area contributed by atoms with Crippen LogP contribution in [0, 0.1) is 6.92 Å². The Morgan fingerprint density at radius 1 is 1.21 bits per heavy atom. The van der Waals surface area contributed by atoms with Gasteiger partial charge in [-0.05, 0) is 25.5 Å². The van der Waals surface area contributed by atoms with Gasteiger partial charge in [-0.15, -0.1) is 5.10 Å². The average Bonchev–Trinajstić information content (AvgIpc) is 2.99. The molecular formula is C17H23N5O2. The summed E-state index contributed by atoms with van der Waals surface area (Å²) in [5, 5.41) is 13.4. The molecule has 24 heavy (non-hydrogen) atoms. The first kappa shape index (κ1) is 17.7. The van der Waals surface area contributed by atoms with E-state index in [9.17, 15) is 9.59 Å². The van der Waals surface area contributed by atoms with Crippen molar-refractivity contribution < 1.29 is 9.59 Å². The molecule has 0 aliphatic heterocycles. The van der Waals surface area contributed by atoms with E-state index in [0.717, 1.165) is 24.1 Å². The van der Waals surface area contributed by atoms with Crippen LogP contribution < -0.4 is 10.6 Å². The van der Waals surface area contributed by atoms with Gasteiger partial charge in [0.25, 0.3) is 5.91 Å². The molecule has 0 radical (unpaired) electrons. The molecule has 7 nitrogen and oxygen atoms in total. The fourth-order valence-electron chi connectivity index (χ4n) is 2.26. The summed E-state index contributed by atoms with van der Waals surface area (Å²) in [6, 6.07) is 7.37. The van der Waals surface area contributed by atoms with E-state index in [1.54, 1.807) is 12.3 Å². The molecule has 0 bridgehead atoms. The van der Waals surface area contributed by atoms with E-state index in [2.05, 4.69) is 27.9 Å². The van der Waals surface area contributed by atoms with Crippen molar-refractivity contribution in [3.63, 3.8) is 0 Å². The van der Waals surface area contributed by atoms with Crippen molar-refractivity contribution in [2.75, 3.05) is 13.1 Å². The number of carbonyl (C=O) groups is 2. The first-order valence-corrected chi connectivity index (χ1v) is 8.09. The zero-order valence-corrected chi connectivity index (χ0v) is 14.1. The van der Waals surface area contributed by atoms with E-state index in [1.807, 2.05) is 25.1 Å². The minimum atomic E-state index is -0.159. The summed E-state index contributed by atoms with van der Waals surface area (Å²) in [6.07, 6.45) is 3.63. The quantitative estimate of drug-likeness (QED) is 0.710. The van der Waals surface area contributed by atoms with Crippen LogP contribution in [0.5, 0.6) is 0 Å². The Balaban J connectivity index is 1.68. The molecule has 0 saturated carbocycles. The van der Waals surface area contributed by atoms with Crippen LogP contribution in [-0.4, -0.2) is 39.9 Å². The van der Waals surface area contributed by atoms with Gasteiger partial charge in [-0.1, -0.05) is 36.3 Å². The first-order valence-electron chi connectivity index (χ1n) is 8.09. The van der Waals surface area contributed by atoms with Gasteiger partial charge in [-0.3, -0.25) is 9.59 Å². The van der Waals surface area contributed by atoms with Gasteiger partial charge >= 0.3 is 0 Å². The molecule has 2 amide bonds. The topological polar surface area (TPSA) is 88.9 Å². The highest BCUT2D eigenvalue weighted by molar-refractivity contribution is 5.94. The number of amides is 2. The van der Waals surface area contributed by atoms with Crippen LogP contribution in [0.25, 0.3) is 0 Å². The Bertz CT molecular complexity index is 696. The molecule has 2 N–H and O–H groups in total. The normalized spacial score (nSPS) is 10.4. The van der Waals surface area contributed by atoms with Crippen LogP contribution in [0.4, 0.5) is 0 Å². The number of nitrogens with zero attached hydrogens (tertiary/aromatic N) is 3. The number of benzene rings is 1. The van der Waals surface area contributed by atoms with Gasteiger partial charge in [0.05, 0.1) is 5.69 Å². The van der Waals surface area contributed by atoms with Crippen molar-refractivity contribution in [3.05, 3.63) is 47.3 Å². The second-order valence-electron chi connectivity index (χ2n) is 5.63. The molecule has 1 heterocycles. The lowest BCUT2D eigenvalue weighted by Crippen LogP contribution is -2.36. The van der Waals surface area contributed by atoms with Gasteiger partial charge in [-0.2, -0.15) is 0 Å². The second-order valence-corrected chi connectivity index (χ2v) is 5.63. The summed E-state index contributed by atoms with van der Waals surface area (Å²) in [6.45, 7) is 4.87. The summed E-state index contributed by atoms with van der Waals surface area (Å²) in [7, 11) is 0. The van der Waals surface area contributed by atoms with Crippen molar-refractivity contribution in [1.29, 1.82) is 0 Å². The van der Waals surface area contributed by atoms with Crippen molar-refractivity contribution in [3.8, 4) is 0 Å². The third-order valence-corrected chi connectivity index (χ3v) is 3.41. The van der Waals surface area contributed by atoms with E-state index in [0.29, 0.717) is 18.7 Å². The maximum Gasteiger partial charge on any atom is 0.251 e. The van der Waals surface area contributed by atoms with Crippen LogP contribution in [0.15, 0.2) is 30.5 Å². The zero-order valence-electron chi connectivity index (χ0n) is 14.1. The standard InChI is InChI=1S/C17H23N5O2/c1-3-5-15-11-22(21-20-15)12-16(23)18-8-9-19-17(24)14-7-4-6-13(2)10-14/h4,6-7,10-11H,3,5,8-9,12H2,1-2H3,(H,18,23)(H,19,24). The minimum Gasteiger partial charge on any atom is -0.353 e. The van der Waals surface area contributed by atoms with Crippen molar-refractivity contribution in [2.45, 2.75) is 33.2 Å². The number of nitrogens with one attached hydrogen (secondary N) is 2. The van der Waals surface area contributed by atoms with Gasteiger partial charge in [0.2, 0.25) is 5.91 Å². The third kappa shape index (κ3) is 5.49. The Hall–Kier alpha value is -2.70. The summed E-state index contributed by atoms with van der Waals surface area (Å²) >= 11 is 0. The molecule has 0 atom stereocenters. The van der Waals surface area contributed by atoms with E-state index >= 15 is 0 Å². The highest BCUT2D eigenvalue weighted by Crippen LogP contribution is 2.03. The molecule has 7 heteroatoms. The highest BCUT2D eigenvalue weighted by atomic mass is 16.2. The van der Waals surface area contributed by atoms with Gasteiger partial charge in [0.15, 0.2) is 0 Å². The van der Waals surface area contributed by atoms with E-state index < -0.39 is 0 Å². The summed E-state index contributed by atoms with van der Waals surface area (Å²) in [5.41, 5.74) is 2.54. The summed E-state index contributed by atoms with van der Waals surface area (Å²) in [4.78, 5) is 23.8. The number of hydrogen-bond donors (Lipinski definition) is 2. The average molecular weight is 329 g/mol. The van der Waals surface area contributed by atoms with Crippen molar-refractivity contribution in [2.24, 2.45) is 0 Å². The van der Waals surface area contributed by atoms with Crippen LogP contribution in [0.1, 0.15) is 35.0 Å². The van der Waals surface area contributed by atoms with Gasteiger partial charge in [0.1, 0.15) is 6.54 Å². The predicted molar refractivity (Wildman–Crippen MR) is 90.5 cm³/mol. The fourth-order valence-corrected chi connectivity index (χ4v) is 2.26. The summed E-state index contributed by atoms with van der Waals surface area (Å²) in [5.74, 6) is -0.304. The molecule has 1 aromatic heterocycles. The molecule has 0 unspecified atom stereocenters. The lowest BCUT2D eigenvalue weighted by molar-refractivity contribution is -0.121. The zero-order chi connectivity index (χ0) is 17.4. The van der Waals surface area contributed by atoms with Gasteiger partial charge in [-0.25, -0.2) is 4.68 Å². The molecule has 0 saturated heterocycles. The van der Waals surface area contributed by atoms with Gasteiger partial charge in [0, 0.05) is 24.8 Å². The van der Waals surface area contributed by atoms with Crippen LogP contribution in [0.2, 0.25) is 0 Å². The Morgan fingerprint density at radius 2 is 2.00 bits per heavy atom. The lowest BCUT2D eigenvalue weighted by atomic mass is 10.1. The Labute approximate surface area is 141 Å². The largest absolute Gasteiger partial charge is 0.353 e. The number of aryl methyl sites for hydroxylation is 2. The molecular weight excluding hydrogens is 306 g/mol. The van der Waals surface area contributed by atoms with Crippen molar-refractivity contribution >= 4 is 11.8 Å². The SMILES string of the molecule is CCCc1cn(CC(=O)NCCNC(=O)c2cccc(C)c2)nn1. The maximum atomic E-state index is 12.0. The highest BCUT2D eigenvalue weighted by Gasteiger charge is 2.07. The summed E-state index contributed by atoms with van der Waals surface area (Å²) < 4.78 is 1.52. The maximum absolute atomic E-state index is 12.0. The fraction of sp³-hybridized carbons (Fsp3) is 0.412. The van der Waals surface area contributed by atoms with Crippen LogP contribution in [0.3, 0.4) is 0 Å². The Morgan fingerprint density at radius 3 is 2.75 bits per heavy atom. The van der Waals surface area contributed by atoms with E-state index in [4.69, 9.17) is 0 Å². The van der Waals surface area contributed by atoms with Gasteiger partial charge < -0.3 is 10.6 Å². The first-order chi connectivity index (χ1) is 11.6. The van der Waals surface area contributed by atoms with E-state index in [-0.39, 0.29) is 18.4 Å². The number of rotatable bonds is 8.